The molecule has 0 saturated heterocycles. The lowest BCUT2D eigenvalue weighted by Crippen LogP contribution is -2.44. The van der Waals surface area contributed by atoms with E-state index in [1.54, 1.807) is 74.7 Å². The topological polar surface area (TPSA) is 195 Å². The summed E-state index contributed by atoms with van der Waals surface area (Å²) in [6.07, 6.45) is 4.23. The number of rotatable bonds is 18. The molecule has 1 aromatic carbocycles. The zero-order valence-electron chi connectivity index (χ0n) is 33.5. The van der Waals surface area contributed by atoms with Crippen molar-refractivity contribution in [3.8, 4) is 0 Å². The third-order valence-corrected chi connectivity index (χ3v) is 7.76. The lowest BCUT2D eigenvalue weighted by molar-refractivity contribution is -0.147. The molecule has 0 aliphatic rings. The summed E-state index contributed by atoms with van der Waals surface area (Å²) in [5, 5.41) is 28.2. The fourth-order valence-corrected chi connectivity index (χ4v) is 5.37. The molecule has 1 aromatic heterocycles. The number of benzene rings is 1. The van der Waals surface area contributed by atoms with Gasteiger partial charge in [-0.25, -0.2) is 19.2 Å². The summed E-state index contributed by atoms with van der Waals surface area (Å²) in [6.45, 7) is 15.2. The van der Waals surface area contributed by atoms with Crippen molar-refractivity contribution in [2.75, 3.05) is 13.2 Å². The number of hydrogen-bond donors (Lipinski definition) is 5. The van der Waals surface area contributed by atoms with Crippen molar-refractivity contribution in [3.63, 3.8) is 0 Å². The first kappa shape index (κ1) is 45.7. The van der Waals surface area contributed by atoms with E-state index in [4.69, 9.17) is 18.9 Å². The number of aliphatic hydroxyl groups is 2. The van der Waals surface area contributed by atoms with E-state index in [2.05, 4.69) is 20.9 Å². The highest BCUT2D eigenvalue weighted by Crippen LogP contribution is 2.22. The van der Waals surface area contributed by atoms with Gasteiger partial charge in [0.05, 0.1) is 25.3 Å². The van der Waals surface area contributed by atoms with E-state index in [0.717, 1.165) is 22.3 Å². The molecule has 0 fully saturated rings. The van der Waals surface area contributed by atoms with Gasteiger partial charge in [0.15, 0.2) is 0 Å². The molecule has 14 nitrogen and oxygen atoms in total. The van der Waals surface area contributed by atoms with Crippen LogP contribution in [0.1, 0.15) is 110 Å². The largest absolute Gasteiger partial charge is 0.459 e. The zero-order valence-corrected chi connectivity index (χ0v) is 33.5. The Kier molecular flexibility index (Phi) is 18.2. The molecule has 0 spiro atoms. The third kappa shape index (κ3) is 19.1. The molecular formula is C40H62N4O10. The van der Waals surface area contributed by atoms with Gasteiger partial charge in [0.2, 0.25) is 0 Å². The molecule has 2 aromatic rings. The number of nitrogens with one attached hydrogen (secondary N) is 3. The molecule has 3 atom stereocenters. The molecule has 5 N–H and O–H groups in total. The number of pyridine rings is 1. The summed E-state index contributed by atoms with van der Waals surface area (Å²) in [4.78, 5) is 55.5. The number of aryl methyl sites for hydroxylation is 2. The number of nitrogens with zero attached hydrogens (tertiary/aromatic N) is 1. The van der Waals surface area contributed by atoms with Crippen LogP contribution in [0.3, 0.4) is 0 Å². The van der Waals surface area contributed by atoms with Crippen LogP contribution >= 0.6 is 0 Å². The molecule has 14 heteroatoms. The minimum atomic E-state index is -0.995. The Morgan fingerprint density at radius 2 is 1.09 bits per heavy atom. The monoisotopic (exact) mass is 758 g/mol. The minimum absolute atomic E-state index is 0.0392. The van der Waals surface area contributed by atoms with E-state index in [9.17, 15) is 29.4 Å². The maximum Gasteiger partial charge on any atom is 0.408 e. The second-order valence-electron chi connectivity index (χ2n) is 16.2. The number of amides is 3. The highest BCUT2D eigenvalue weighted by Gasteiger charge is 2.27. The van der Waals surface area contributed by atoms with Crippen molar-refractivity contribution in [3.05, 3.63) is 65.0 Å². The predicted molar refractivity (Wildman–Crippen MR) is 204 cm³/mol. The van der Waals surface area contributed by atoms with E-state index >= 15 is 0 Å². The standard InChI is InChI=1S/C40H62N4O10/c1-38(2,3)52-35(48)42-30(24-45)20-18-28-22-41-23-29(19-21-31(25-46)43-36(49)53-39(4,5)6)32(28)16-13-17-33(44-37(50)54-40(7,8)9)34(47)51-26-27-14-11-10-12-15-27/h10-12,14-15,22-23,30-31,33,45-46H,13,16-21,24-26H2,1-9H3,(H,42,48)(H,43,49)(H,44,50)/t30-,31-,33-/m0/s1. The summed E-state index contributed by atoms with van der Waals surface area (Å²) in [5.41, 5.74) is 1.27. The van der Waals surface area contributed by atoms with Gasteiger partial charge < -0.3 is 45.1 Å². The van der Waals surface area contributed by atoms with Crippen molar-refractivity contribution in [2.45, 2.75) is 149 Å². The van der Waals surface area contributed by atoms with Crippen LogP contribution in [0.15, 0.2) is 42.7 Å². The van der Waals surface area contributed by atoms with Crippen molar-refractivity contribution in [1.29, 1.82) is 0 Å². The van der Waals surface area contributed by atoms with E-state index in [1.165, 1.54) is 0 Å². The SMILES string of the molecule is CC(C)(C)OC(=O)N[C@H](CO)CCc1cncc(CC[C@@H](CO)NC(=O)OC(C)(C)C)c1CCC[C@H](NC(=O)OC(C)(C)C)C(=O)OCc1ccccc1. The molecule has 0 aliphatic heterocycles. The predicted octanol–water partition coefficient (Wildman–Crippen LogP) is 5.68. The Hall–Kier alpha value is -4.43. The summed E-state index contributed by atoms with van der Waals surface area (Å²) >= 11 is 0. The van der Waals surface area contributed by atoms with Crippen molar-refractivity contribution >= 4 is 24.2 Å². The molecule has 2 rings (SSSR count). The average Bonchev–Trinajstić information content (AvgIpc) is 3.05. The Balaban J connectivity index is 2.31. The van der Waals surface area contributed by atoms with Gasteiger partial charge in [-0.2, -0.15) is 0 Å². The van der Waals surface area contributed by atoms with Gasteiger partial charge in [-0.1, -0.05) is 30.3 Å². The van der Waals surface area contributed by atoms with E-state index < -0.39 is 59.2 Å². The second-order valence-corrected chi connectivity index (χ2v) is 16.2. The number of esters is 1. The first-order valence-corrected chi connectivity index (χ1v) is 18.5. The van der Waals surface area contributed by atoms with Gasteiger partial charge in [-0.3, -0.25) is 4.98 Å². The number of aliphatic hydroxyl groups excluding tert-OH is 2. The number of hydrogen-bond acceptors (Lipinski definition) is 11. The molecule has 302 valence electrons. The van der Waals surface area contributed by atoms with Crippen LogP contribution in [0.4, 0.5) is 14.4 Å². The molecule has 0 saturated carbocycles. The Bertz CT molecular complexity index is 1420. The normalized spacial score (nSPS) is 13.5. The van der Waals surface area contributed by atoms with Crippen LogP contribution in [-0.4, -0.2) is 87.6 Å². The molecule has 0 radical (unpaired) electrons. The molecule has 54 heavy (non-hydrogen) atoms. The lowest BCUT2D eigenvalue weighted by Gasteiger charge is -2.24. The maximum absolute atomic E-state index is 13.3. The van der Waals surface area contributed by atoms with Crippen LogP contribution in [-0.2, 0) is 49.6 Å². The fourth-order valence-electron chi connectivity index (χ4n) is 5.37. The first-order chi connectivity index (χ1) is 25.2. The van der Waals surface area contributed by atoms with Crippen LogP contribution in [0.2, 0.25) is 0 Å². The average molecular weight is 759 g/mol. The van der Waals surface area contributed by atoms with Gasteiger partial charge in [0, 0.05) is 12.4 Å². The lowest BCUT2D eigenvalue weighted by atomic mass is 9.91. The molecule has 0 aliphatic carbocycles. The summed E-state index contributed by atoms with van der Waals surface area (Å²) in [7, 11) is 0. The van der Waals surface area contributed by atoms with Crippen molar-refractivity contribution in [1.82, 2.24) is 20.9 Å². The highest BCUT2D eigenvalue weighted by molar-refractivity contribution is 5.81. The summed E-state index contributed by atoms with van der Waals surface area (Å²) in [5.74, 6) is -0.599. The van der Waals surface area contributed by atoms with Crippen molar-refractivity contribution < 1.29 is 48.3 Å². The van der Waals surface area contributed by atoms with E-state index in [1.807, 2.05) is 30.3 Å². The van der Waals surface area contributed by atoms with Crippen LogP contribution in [0, 0.1) is 0 Å². The Morgan fingerprint density at radius 1 is 0.648 bits per heavy atom. The van der Waals surface area contributed by atoms with Gasteiger partial charge in [-0.05, 0) is 130 Å². The summed E-state index contributed by atoms with van der Waals surface area (Å²) < 4.78 is 21.8. The number of carbonyl (C=O) groups excluding carboxylic acids is 4. The van der Waals surface area contributed by atoms with Crippen LogP contribution < -0.4 is 16.0 Å². The van der Waals surface area contributed by atoms with E-state index in [0.29, 0.717) is 38.5 Å². The van der Waals surface area contributed by atoms with Crippen molar-refractivity contribution in [2.24, 2.45) is 0 Å². The Labute approximate surface area is 320 Å². The quantitative estimate of drug-likeness (QED) is 0.0928. The van der Waals surface area contributed by atoms with E-state index in [-0.39, 0.29) is 26.2 Å². The molecule has 0 bridgehead atoms. The number of aromatic nitrogens is 1. The molecular weight excluding hydrogens is 696 g/mol. The highest BCUT2D eigenvalue weighted by atomic mass is 16.6. The van der Waals surface area contributed by atoms with Crippen LogP contribution in [0.25, 0.3) is 0 Å². The first-order valence-electron chi connectivity index (χ1n) is 18.5. The molecule has 0 unspecified atom stereocenters. The smallest absolute Gasteiger partial charge is 0.408 e. The zero-order chi connectivity index (χ0) is 40.5. The molecule has 3 amide bonds. The number of alkyl carbamates (subject to hydrolysis) is 3. The van der Waals surface area contributed by atoms with Gasteiger partial charge in [0.1, 0.15) is 29.5 Å². The number of carbonyl (C=O) groups is 4. The molecule has 1 heterocycles. The Morgan fingerprint density at radius 3 is 1.52 bits per heavy atom. The maximum atomic E-state index is 13.3. The van der Waals surface area contributed by atoms with Gasteiger partial charge in [0.25, 0.3) is 0 Å². The minimum Gasteiger partial charge on any atom is -0.459 e. The fraction of sp³-hybridized carbons (Fsp3) is 0.625. The van der Waals surface area contributed by atoms with Crippen LogP contribution in [0.5, 0.6) is 0 Å². The summed E-state index contributed by atoms with van der Waals surface area (Å²) in [6, 6.07) is 7.06. The third-order valence-electron chi connectivity index (χ3n) is 7.76. The van der Waals surface area contributed by atoms with Gasteiger partial charge in [-0.15, -0.1) is 0 Å². The second kappa shape index (κ2) is 21.5. The van der Waals surface area contributed by atoms with Gasteiger partial charge >= 0.3 is 24.2 Å². The number of ether oxygens (including phenoxy) is 4.